The van der Waals surface area contributed by atoms with Crippen LogP contribution in [-0.2, 0) is 16.8 Å². The van der Waals surface area contributed by atoms with Crippen LogP contribution in [0.5, 0.6) is 0 Å². The first-order chi connectivity index (χ1) is 22.2. The molecule has 3 aliphatic rings. The largest absolute Gasteiger partial charge is 0.417 e. The predicted molar refractivity (Wildman–Crippen MR) is 176 cm³/mol. The first-order valence-electron chi connectivity index (χ1n) is 16.6. The van der Waals surface area contributed by atoms with Crippen LogP contribution >= 0.6 is 0 Å². The quantitative estimate of drug-likeness (QED) is 0.281. The second-order valence-corrected chi connectivity index (χ2v) is 12.9. The highest BCUT2D eigenvalue weighted by Gasteiger charge is 2.43. The van der Waals surface area contributed by atoms with Crippen molar-refractivity contribution in [3.05, 3.63) is 64.1 Å². The van der Waals surface area contributed by atoms with E-state index in [9.17, 15) is 19.2 Å². The van der Waals surface area contributed by atoms with Crippen molar-refractivity contribution in [3.63, 3.8) is 0 Å². The molecule has 1 spiro atoms. The summed E-state index contributed by atoms with van der Waals surface area (Å²) in [6.45, 7) is 4.67. The fourth-order valence-electron chi connectivity index (χ4n) is 7.35. The van der Waals surface area contributed by atoms with Crippen molar-refractivity contribution in [1.29, 1.82) is 0 Å². The highest BCUT2D eigenvalue weighted by molar-refractivity contribution is 5.94. The molecular weight excluding hydrogens is 586 g/mol. The SMILES string of the molecule is CCN(CCN(C)C1CCCCC1)C(=O)[C@@H](Cc1ccc2[nH]c(=O)oc2c1)NC(=O)N1CCC2(CC1)NC(=O)Nc1ccccc12. The maximum absolute atomic E-state index is 14.1. The summed E-state index contributed by atoms with van der Waals surface area (Å²) in [6, 6.07) is 12.3. The van der Waals surface area contributed by atoms with Crippen molar-refractivity contribution in [3.8, 4) is 0 Å². The molecule has 12 heteroatoms. The second-order valence-electron chi connectivity index (χ2n) is 12.9. The number of H-pyrrole nitrogens is 1. The van der Waals surface area contributed by atoms with Gasteiger partial charge in [0.05, 0.1) is 11.1 Å². The van der Waals surface area contributed by atoms with Gasteiger partial charge in [0.15, 0.2) is 5.58 Å². The topological polar surface area (TPSA) is 143 Å². The first kappa shape index (κ1) is 31.7. The van der Waals surface area contributed by atoms with Crippen LogP contribution in [0.1, 0.15) is 63.0 Å². The Kier molecular flexibility index (Phi) is 9.34. The van der Waals surface area contributed by atoms with Gasteiger partial charge in [-0.2, -0.15) is 0 Å². The molecule has 246 valence electrons. The third-order valence-electron chi connectivity index (χ3n) is 10.1. The summed E-state index contributed by atoms with van der Waals surface area (Å²) < 4.78 is 5.26. The molecule has 1 atom stereocenters. The van der Waals surface area contributed by atoms with Crippen LogP contribution in [0.2, 0.25) is 0 Å². The molecule has 6 rings (SSSR count). The lowest BCUT2D eigenvalue weighted by Crippen LogP contribution is -2.60. The van der Waals surface area contributed by atoms with Gasteiger partial charge in [-0.25, -0.2) is 14.4 Å². The number of carbonyl (C=O) groups excluding carboxylic acids is 3. The van der Waals surface area contributed by atoms with Crippen LogP contribution in [-0.4, -0.2) is 89.5 Å². The van der Waals surface area contributed by atoms with Crippen molar-refractivity contribution in [1.82, 2.24) is 30.3 Å². The van der Waals surface area contributed by atoms with Crippen molar-refractivity contribution in [2.75, 3.05) is 45.1 Å². The number of nitrogens with zero attached hydrogens (tertiary/aromatic N) is 3. The molecule has 2 fully saturated rings. The number of likely N-dealkylation sites (N-methyl/N-ethyl adjacent to an activating group) is 2. The van der Waals surface area contributed by atoms with E-state index in [2.05, 4.69) is 32.9 Å². The molecule has 46 heavy (non-hydrogen) atoms. The lowest BCUT2D eigenvalue weighted by atomic mass is 9.79. The number of amides is 5. The molecule has 3 aromatic rings. The number of likely N-dealkylation sites (tertiary alicyclic amines) is 1. The van der Waals surface area contributed by atoms with Gasteiger partial charge in [-0.3, -0.25) is 9.78 Å². The number of para-hydroxylation sites is 1. The number of anilines is 1. The van der Waals surface area contributed by atoms with Crippen molar-refractivity contribution >= 4 is 34.8 Å². The number of hydrogen-bond donors (Lipinski definition) is 4. The summed E-state index contributed by atoms with van der Waals surface area (Å²) in [4.78, 5) is 60.7. The minimum Gasteiger partial charge on any atom is -0.408 e. The van der Waals surface area contributed by atoms with E-state index in [0.29, 0.717) is 56.2 Å². The highest BCUT2D eigenvalue weighted by atomic mass is 16.4. The maximum atomic E-state index is 14.1. The van der Waals surface area contributed by atoms with E-state index >= 15 is 0 Å². The van der Waals surface area contributed by atoms with Gasteiger partial charge in [0.2, 0.25) is 5.91 Å². The van der Waals surface area contributed by atoms with Gasteiger partial charge in [0.1, 0.15) is 6.04 Å². The molecule has 2 aromatic carbocycles. The summed E-state index contributed by atoms with van der Waals surface area (Å²) >= 11 is 0. The van der Waals surface area contributed by atoms with Gasteiger partial charge in [-0.15, -0.1) is 0 Å². The molecule has 1 saturated heterocycles. The molecule has 2 aliphatic heterocycles. The summed E-state index contributed by atoms with van der Waals surface area (Å²) in [6.07, 6.45) is 7.53. The Morgan fingerprint density at radius 2 is 1.83 bits per heavy atom. The fraction of sp³-hybridized carbons (Fsp3) is 0.529. The lowest BCUT2D eigenvalue weighted by molar-refractivity contribution is -0.133. The van der Waals surface area contributed by atoms with Gasteiger partial charge < -0.3 is 35.1 Å². The zero-order valence-corrected chi connectivity index (χ0v) is 26.8. The molecule has 0 unspecified atom stereocenters. The third kappa shape index (κ3) is 6.76. The first-order valence-corrected chi connectivity index (χ1v) is 16.6. The number of fused-ring (bicyclic) bond motifs is 3. The number of aromatic amines is 1. The number of aromatic nitrogens is 1. The maximum Gasteiger partial charge on any atom is 0.417 e. The average Bonchev–Trinajstić information content (AvgIpc) is 3.44. The average molecular weight is 632 g/mol. The Bertz CT molecular complexity index is 1620. The molecule has 4 N–H and O–H groups in total. The Hall–Kier alpha value is -4.32. The van der Waals surface area contributed by atoms with E-state index in [1.807, 2.05) is 42.2 Å². The number of nitrogens with one attached hydrogen (secondary N) is 4. The van der Waals surface area contributed by atoms with E-state index in [4.69, 9.17) is 4.42 Å². The monoisotopic (exact) mass is 631 g/mol. The van der Waals surface area contributed by atoms with Crippen LogP contribution in [0.4, 0.5) is 15.3 Å². The zero-order valence-electron chi connectivity index (χ0n) is 26.8. The van der Waals surface area contributed by atoms with Gasteiger partial charge in [0, 0.05) is 56.4 Å². The number of hydrogen-bond acceptors (Lipinski definition) is 6. The Morgan fingerprint density at radius 1 is 1.07 bits per heavy atom. The Balaban J connectivity index is 1.16. The van der Waals surface area contributed by atoms with E-state index in [1.165, 1.54) is 32.1 Å². The molecule has 12 nitrogen and oxygen atoms in total. The number of urea groups is 2. The standard InChI is InChI=1S/C34H45N7O5/c1-3-40(20-19-39(2)24-9-5-4-6-10-24)30(42)28(21-23-13-14-27-29(22-23)46-33(45)37-27)36-32(44)41-17-15-34(16-18-41)25-11-7-8-12-26(25)35-31(43)38-34/h7-8,11-14,22,24,28H,3-6,9-10,15-21H2,1-2H3,(H,36,44)(H,37,45)(H2,35,38,43)/t28-/m1/s1. The molecule has 0 bridgehead atoms. The molecule has 1 aliphatic carbocycles. The lowest BCUT2D eigenvalue weighted by Gasteiger charge is -2.45. The Labute approximate surface area is 268 Å². The smallest absolute Gasteiger partial charge is 0.408 e. The fourth-order valence-corrected chi connectivity index (χ4v) is 7.35. The van der Waals surface area contributed by atoms with E-state index in [1.54, 1.807) is 17.0 Å². The van der Waals surface area contributed by atoms with Gasteiger partial charge in [-0.1, -0.05) is 43.5 Å². The predicted octanol–water partition coefficient (Wildman–Crippen LogP) is 3.98. The third-order valence-corrected chi connectivity index (χ3v) is 10.1. The van der Waals surface area contributed by atoms with Crippen LogP contribution in [0.3, 0.4) is 0 Å². The van der Waals surface area contributed by atoms with E-state index in [-0.39, 0.29) is 24.4 Å². The van der Waals surface area contributed by atoms with Gasteiger partial charge in [-0.05, 0) is 63.4 Å². The minimum atomic E-state index is -0.814. The summed E-state index contributed by atoms with van der Waals surface area (Å²) in [5, 5.41) is 9.05. The molecule has 3 heterocycles. The summed E-state index contributed by atoms with van der Waals surface area (Å²) in [5.41, 5.74) is 3.02. The molecule has 1 saturated carbocycles. The summed E-state index contributed by atoms with van der Waals surface area (Å²) in [7, 11) is 2.14. The van der Waals surface area contributed by atoms with E-state index < -0.39 is 17.3 Å². The van der Waals surface area contributed by atoms with Gasteiger partial charge >= 0.3 is 17.8 Å². The van der Waals surface area contributed by atoms with Crippen LogP contribution < -0.4 is 21.7 Å². The number of piperidine rings is 1. The zero-order chi connectivity index (χ0) is 32.3. The highest BCUT2D eigenvalue weighted by Crippen LogP contribution is 2.39. The van der Waals surface area contributed by atoms with E-state index in [0.717, 1.165) is 23.4 Å². The van der Waals surface area contributed by atoms with Gasteiger partial charge in [0.25, 0.3) is 0 Å². The Morgan fingerprint density at radius 3 is 2.59 bits per heavy atom. The summed E-state index contributed by atoms with van der Waals surface area (Å²) in [5.74, 6) is -0.681. The van der Waals surface area contributed by atoms with Crippen LogP contribution in [0.25, 0.3) is 11.1 Å². The molecule has 5 amide bonds. The van der Waals surface area contributed by atoms with Crippen molar-refractivity contribution in [2.45, 2.75) is 75.9 Å². The molecular formula is C34H45N7O5. The van der Waals surface area contributed by atoms with Crippen molar-refractivity contribution in [2.24, 2.45) is 0 Å². The number of carbonyl (C=O) groups is 3. The minimum absolute atomic E-state index is 0.142. The number of benzene rings is 2. The molecule has 1 aromatic heterocycles. The number of rotatable bonds is 9. The van der Waals surface area contributed by atoms with Crippen molar-refractivity contribution < 1.29 is 18.8 Å². The second kappa shape index (κ2) is 13.6. The number of oxazole rings is 1. The molecule has 0 radical (unpaired) electrons. The van der Waals surface area contributed by atoms with Crippen LogP contribution in [0.15, 0.2) is 51.7 Å². The normalized spacial score (nSPS) is 18.6. The van der Waals surface area contributed by atoms with Crippen LogP contribution in [0, 0.1) is 0 Å².